The highest BCUT2D eigenvalue weighted by Gasteiger charge is 2.09. The number of nitrogens with zero attached hydrogens (tertiary/aromatic N) is 1. The van der Waals surface area contributed by atoms with Gasteiger partial charge in [0.15, 0.2) is 0 Å². The molecule has 0 atom stereocenters. The summed E-state index contributed by atoms with van der Waals surface area (Å²) in [5, 5.41) is 19.1. The minimum atomic E-state index is -0.00361. The summed E-state index contributed by atoms with van der Waals surface area (Å²) < 4.78 is 0. The van der Waals surface area contributed by atoms with E-state index in [1.54, 1.807) is 0 Å². The summed E-state index contributed by atoms with van der Waals surface area (Å²) in [6.07, 6.45) is 0. The van der Waals surface area contributed by atoms with Crippen LogP contribution in [-0.2, 0) is 19.8 Å². The Labute approximate surface area is 120 Å². The van der Waals surface area contributed by atoms with Crippen molar-refractivity contribution in [1.82, 2.24) is 4.90 Å². The van der Waals surface area contributed by atoms with Crippen LogP contribution >= 0.6 is 0 Å². The van der Waals surface area contributed by atoms with Gasteiger partial charge in [0.05, 0.1) is 13.2 Å². The highest BCUT2D eigenvalue weighted by atomic mass is 16.3. The van der Waals surface area contributed by atoms with Crippen molar-refractivity contribution in [3.8, 4) is 11.1 Å². The molecule has 0 heterocycles. The molecule has 106 valence electrons. The summed E-state index contributed by atoms with van der Waals surface area (Å²) in [5.74, 6) is 0. The van der Waals surface area contributed by atoms with E-state index in [1.165, 1.54) is 5.56 Å². The number of aliphatic hydroxyl groups is 2. The first-order valence-electron chi connectivity index (χ1n) is 6.72. The van der Waals surface area contributed by atoms with Crippen LogP contribution in [0.1, 0.15) is 16.7 Å². The van der Waals surface area contributed by atoms with Gasteiger partial charge in [-0.15, -0.1) is 0 Å². The normalized spacial score (nSPS) is 11.1. The summed E-state index contributed by atoms with van der Waals surface area (Å²) in [5.41, 5.74) is 4.91. The lowest BCUT2D eigenvalue weighted by atomic mass is 9.94. The second kappa shape index (κ2) is 6.66. The maximum atomic E-state index is 9.63. The molecule has 0 radical (unpaired) electrons. The molecule has 0 aliphatic carbocycles. The Hall–Kier alpha value is -1.68. The van der Waals surface area contributed by atoms with E-state index in [9.17, 15) is 10.2 Å². The highest BCUT2D eigenvalue weighted by molar-refractivity contribution is 5.71. The fourth-order valence-corrected chi connectivity index (χ4v) is 2.43. The van der Waals surface area contributed by atoms with Crippen LogP contribution in [0.15, 0.2) is 42.5 Å². The summed E-state index contributed by atoms with van der Waals surface area (Å²) >= 11 is 0. The van der Waals surface area contributed by atoms with Gasteiger partial charge in [-0.3, -0.25) is 0 Å². The molecule has 0 bridgehead atoms. The largest absolute Gasteiger partial charge is 0.392 e. The molecule has 0 spiro atoms. The van der Waals surface area contributed by atoms with Crippen LogP contribution in [0, 0.1) is 0 Å². The summed E-state index contributed by atoms with van der Waals surface area (Å²) in [6, 6.07) is 13.9. The van der Waals surface area contributed by atoms with Crippen molar-refractivity contribution >= 4 is 0 Å². The van der Waals surface area contributed by atoms with Gasteiger partial charge in [0, 0.05) is 6.54 Å². The Morgan fingerprint density at radius 1 is 0.850 bits per heavy atom. The zero-order valence-corrected chi connectivity index (χ0v) is 12.0. The maximum Gasteiger partial charge on any atom is 0.0687 e. The van der Waals surface area contributed by atoms with E-state index in [-0.39, 0.29) is 13.2 Å². The number of hydrogen-bond acceptors (Lipinski definition) is 3. The SMILES string of the molecule is CN(C)Cc1ccc(-c2ccccc2CO)c(CO)c1. The van der Waals surface area contributed by atoms with Crippen LogP contribution in [0.3, 0.4) is 0 Å². The van der Waals surface area contributed by atoms with Gasteiger partial charge < -0.3 is 15.1 Å². The molecule has 0 aliphatic rings. The van der Waals surface area contributed by atoms with Crippen LogP contribution < -0.4 is 0 Å². The van der Waals surface area contributed by atoms with Crippen molar-refractivity contribution in [3.05, 3.63) is 59.2 Å². The van der Waals surface area contributed by atoms with E-state index in [0.717, 1.165) is 28.8 Å². The van der Waals surface area contributed by atoms with Gasteiger partial charge in [0.1, 0.15) is 0 Å². The van der Waals surface area contributed by atoms with Gasteiger partial charge in [0.25, 0.3) is 0 Å². The highest BCUT2D eigenvalue weighted by Crippen LogP contribution is 2.28. The molecule has 0 aliphatic heterocycles. The Kier molecular flexibility index (Phi) is 4.90. The Morgan fingerprint density at radius 2 is 1.50 bits per heavy atom. The second-order valence-electron chi connectivity index (χ2n) is 5.20. The molecular formula is C17H21NO2. The molecule has 0 saturated carbocycles. The second-order valence-corrected chi connectivity index (χ2v) is 5.20. The quantitative estimate of drug-likeness (QED) is 0.877. The van der Waals surface area contributed by atoms with Crippen LogP contribution in [-0.4, -0.2) is 29.2 Å². The summed E-state index contributed by atoms with van der Waals surface area (Å²) in [7, 11) is 4.04. The van der Waals surface area contributed by atoms with Gasteiger partial charge in [0.2, 0.25) is 0 Å². The lowest BCUT2D eigenvalue weighted by Gasteiger charge is -2.15. The average Bonchev–Trinajstić information content (AvgIpc) is 2.46. The lowest BCUT2D eigenvalue weighted by molar-refractivity contribution is 0.280. The lowest BCUT2D eigenvalue weighted by Crippen LogP contribution is -2.11. The van der Waals surface area contributed by atoms with E-state index in [1.807, 2.05) is 50.5 Å². The van der Waals surface area contributed by atoms with Gasteiger partial charge in [-0.1, -0.05) is 42.5 Å². The summed E-state index contributed by atoms with van der Waals surface area (Å²) in [6.45, 7) is 0.839. The third-order valence-electron chi connectivity index (χ3n) is 3.32. The Morgan fingerprint density at radius 3 is 2.15 bits per heavy atom. The van der Waals surface area contributed by atoms with Crippen LogP contribution in [0.25, 0.3) is 11.1 Å². The van der Waals surface area contributed by atoms with Crippen molar-refractivity contribution in [2.75, 3.05) is 14.1 Å². The molecule has 3 nitrogen and oxygen atoms in total. The number of hydrogen-bond donors (Lipinski definition) is 2. The fraction of sp³-hybridized carbons (Fsp3) is 0.294. The predicted molar refractivity (Wildman–Crippen MR) is 81.1 cm³/mol. The van der Waals surface area contributed by atoms with E-state index in [2.05, 4.69) is 11.0 Å². The van der Waals surface area contributed by atoms with Crippen LogP contribution in [0.5, 0.6) is 0 Å². The fourth-order valence-electron chi connectivity index (χ4n) is 2.43. The van der Waals surface area contributed by atoms with E-state index in [0.29, 0.717) is 0 Å². The van der Waals surface area contributed by atoms with Crippen LogP contribution in [0.4, 0.5) is 0 Å². The van der Waals surface area contributed by atoms with E-state index < -0.39 is 0 Å². The van der Waals surface area contributed by atoms with Crippen molar-refractivity contribution in [1.29, 1.82) is 0 Å². The molecule has 2 rings (SSSR count). The van der Waals surface area contributed by atoms with E-state index >= 15 is 0 Å². The first-order valence-corrected chi connectivity index (χ1v) is 6.72. The molecule has 2 N–H and O–H groups in total. The topological polar surface area (TPSA) is 43.7 Å². The molecule has 0 fully saturated rings. The Bertz CT molecular complexity index is 579. The first kappa shape index (κ1) is 14.7. The number of rotatable bonds is 5. The molecule has 0 aromatic heterocycles. The molecule has 0 unspecified atom stereocenters. The monoisotopic (exact) mass is 271 g/mol. The smallest absolute Gasteiger partial charge is 0.0687 e. The number of aliphatic hydroxyl groups excluding tert-OH is 2. The van der Waals surface area contributed by atoms with Crippen molar-refractivity contribution in [2.45, 2.75) is 19.8 Å². The molecule has 0 amide bonds. The van der Waals surface area contributed by atoms with Gasteiger partial charge in [-0.2, -0.15) is 0 Å². The third-order valence-corrected chi connectivity index (χ3v) is 3.32. The molecule has 0 saturated heterocycles. The zero-order valence-electron chi connectivity index (χ0n) is 12.0. The number of benzene rings is 2. The standard InChI is InChI=1S/C17H21NO2/c1-18(2)10-13-7-8-17(15(9-13)12-20)16-6-4-3-5-14(16)11-19/h3-9,19-20H,10-12H2,1-2H3. The minimum Gasteiger partial charge on any atom is -0.392 e. The molecular weight excluding hydrogens is 250 g/mol. The average molecular weight is 271 g/mol. The predicted octanol–water partition coefficient (Wildman–Crippen LogP) is 2.40. The zero-order chi connectivity index (χ0) is 14.5. The third kappa shape index (κ3) is 3.25. The van der Waals surface area contributed by atoms with Crippen molar-refractivity contribution in [2.24, 2.45) is 0 Å². The maximum absolute atomic E-state index is 9.63. The Balaban J connectivity index is 2.46. The van der Waals surface area contributed by atoms with Gasteiger partial charge in [-0.05, 0) is 41.9 Å². The van der Waals surface area contributed by atoms with Gasteiger partial charge in [-0.25, -0.2) is 0 Å². The van der Waals surface area contributed by atoms with E-state index in [4.69, 9.17) is 0 Å². The molecule has 2 aromatic carbocycles. The minimum absolute atomic E-state index is 0.000487. The van der Waals surface area contributed by atoms with Crippen molar-refractivity contribution < 1.29 is 10.2 Å². The van der Waals surface area contributed by atoms with Crippen molar-refractivity contribution in [3.63, 3.8) is 0 Å². The van der Waals surface area contributed by atoms with Gasteiger partial charge >= 0.3 is 0 Å². The summed E-state index contributed by atoms with van der Waals surface area (Å²) in [4.78, 5) is 2.10. The molecule has 3 heteroatoms. The first-order chi connectivity index (χ1) is 9.65. The molecule has 20 heavy (non-hydrogen) atoms. The van der Waals surface area contributed by atoms with Crippen LogP contribution in [0.2, 0.25) is 0 Å². The molecule has 2 aromatic rings.